The molecular weight excluding hydrogens is 288 g/mol. The third kappa shape index (κ3) is 3.01. The number of aromatic nitrogens is 2. The van der Waals surface area contributed by atoms with E-state index < -0.39 is 0 Å². The molecule has 1 rings (SSSR count). The van der Waals surface area contributed by atoms with Crippen LogP contribution in [0.15, 0.2) is 10.8 Å². The third-order valence-corrected chi connectivity index (χ3v) is 3.99. The van der Waals surface area contributed by atoms with Gasteiger partial charge in [-0.25, -0.2) is 9.97 Å². The largest absolute Gasteiger partial charge is 0.383 e. The van der Waals surface area contributed by atoms with Crippen molar-refractivity contribution in [3.05, 3.63) is 10.8 Å². The van der Waals surface area contributed by atoms with Gasteiger partial charge in [-0.05, 0) is 28.6 Å². The fourth-order valence-electron chi connectivity index (χ4n) is 1.49. The van der Waals surface area contributed by atoms with E-state index in [9.17, 15) is 0 Å². The number of hydrogen-bond acceptors (Lipinski definition) is 5. The zero-order valence-corrected chi connectivity index (χ0v) is 12.2. The lowest BCUT2D eigenvalue weighted by atomic mass is 10.2. The summed E-state index contributed by atoms with van der Waals surface area (Å²) in [4.78, 5) is 10.4. The first kappa shape index (κ1) is 13.6. The maximum atomic E-state index is 5.74. The van der Waals surface area contributed by atoms with Gasteiger partial charge < -0.3 is 10.6 Å². The van der Waals surface area contributed by atoms with Crippen LogP contribution in [0.4, 0.5) is 11.6 Å². The standard InChI is InChI=1S/C10H17BrN4S/c1-4-7(5-16-3)15(2)10-8(11)9(12)13-6-14-10/h6-7H,4-5H2,1-3H3,(H2,12,13,14). The van der Waals surface area contributed by atoms with E-state index in [4.69, 9.17) is 5.73 Å². The first-order chi connectivity index (χ1) is 7.61. The molecule has 0 aliphatic carbocycles. The molecule has 0 amide bonds. The second-order valence-corrected chi connectivity index (χ2v) is 5.23. The molecule has 0 aliphatic heterocycles. The Morgan fingerprint density at radius 1 is 1.56 bits per heavy atom. The fraction of sp³-hybridized carbons (Fsp3) is 0.600. The van der Waals surface area contributed by atoms with E-state index in [-0.39, 0.29) is 0 Å². The first-order valence-electron chi connectivity index (χ1n) is 5.09. The van der Waals surface area contributed by atoms with Crippen LogP contribution in [0.5, 0.6) is 0 Å². The van der Waals surface area contributed by atoms with E-state index in [2.05, 4.69) is 44.0 Å². The molecule has 1 aromatic heterocycles. The van der Waals surface area contributed by atoms with Crippen molar-refractivity contribution in [1.82, 2.24) is 9.97 Å². The molecule has 0 saturated carbocycles. The van der Waals surface area contributed by atoms with Crippen LogP contribution in [0.1, 0.15) is 13.3 Å². The number of nitrogen functional groups attached to an aromatic ring is 1. The van der Waals surface area contributed by atoms with Crippen molar-refractivity contribution in [3.63, 3.8) is 0 Å². The van der Waals surface area contributed by atoms with E-state index in [0.717, 1.165) is 22.5 Å². The van der Waals surface area contributed by atoms with Gasteiger partial charge in [-0.2, -0.15) is 11.8 Å². The molecule has 90 valence electrons. The van der Waals surface area contributed by atoms with Gasteiger partial charge in [0.2, 0.25) is 0 Å². The van der Waals surface area contributed by atoms with E-state index in [1.807, 2.05) is 18.8 Å². The van der Waals surface area contributed by atoms with Crippen molar-refractivity contribution in [2.24, 2.45) is 0 Å². The van der Waals surface area contributed by atoms with Crippen molar-refractivity contribution in [2.45, 2.75) is 19.4 Å². The van der Waals surface area contributed by atoms with E-state index >= 15 is 0 Å². The molecule has 0 radical (unpaired) electrons. The maximum absolute atomic E-state index is 5.74. The van der Waals surface area contributed by atoms with Gasteiger partial charge >= 0.3 is 0 Å². The van der Waals surface area contributed by atoms with Crippen LogP contribution in [0.3, 0.4) is 0 Å². The Morgan fingerprint density at radius 2 is 2.25 bits per heavy atom. The predicted octanol–water partition coefficient (Wildman–Crippen LogP) is 2.40. The lowest BCUT2D eigenvalue weighted by Gasteiger charge is -2.28. The Balaban J connectivity index is 2.94. The monoisotopic (exact) mass is 304 g/mol. The smallest absolute Gasteiger partial charge is 0.148 e. The van der Waals surface area contributed by atoms with E-state index in [0.29, 0.717) is 11.9 Å². The highest BCUT2D eigenvalue weighted by molar-refractivity contribution is 9.10. The quantitative estimate of drug-likeness (QED) is 0.905. The van der Waals surface area contributed by atoms with Gasteiger partial charge in [-0.15, -0.1) is 0 Å². The zero-order chi connectivity index (χ0) is 12.1. The minimum absolute atomic E-state index is 0.459. The van der Waals surface area contributed by atoms with Crippen LogP contribution in [-0.4, -0.2) is 35.1 Å². The number of nitrogens with zero attached hydrogens (tertiary/aromatic N) is 3. The number of anilines is 2. The SMILES string of the molecule is CCC(CSC)N(C)c1ncnc(N)c1Br. The predicted molar refractivity (Wildman–Crippen MR) is 75.0 cm³/mol. The highest BCUT2D eigenvalue weighted by Gasteiger charge is 2.17. The van der Waals surface area contributed by atoms with Gasteiger partial charge in [0.1, 0.15) is 22.4 Å². The summed E-state index contributed by atoms with van der Waals surface area (Å²) in [7, 11) is 2.04. The molecule has 0 saturated heterocycles. The first-order valence-corrected chi connectivity index (χ1v) is 7.28. The second-order valence-electron chi connectivity index (χ2n) is 3.52. The molecule has 1 heterocycles. The molecule has 4 nitrogen and oxygen atoms in total. The summed E-state index contributed by atoms with van der Waals surface area (Å²) in [6.07, 6.45) is 4.69. The van der Waals surface area contributed by atoms with Gasteiger partial charge in [0.15, 0.2) is 0 Å². The average molecular weight is 305 g/mol. The Bertz CT molecular complexity index is 348. The van der Waals surface area contributed by atoms with Crippen LogP contribution in [0.25, 0.3) is 0 Å². The fourth-order valence-corrected chi connectivity index (χ4v) is 2.82. The summed E-state index contributed by atoms with van der Waals surface area (Å²) in [6.45, 7) is 2.18. The number of hydrogen-bond donors (Lipinski definition) is 1. The molecule has 1 aromatic rings. The summed E-state index contributed by atoms with van der Waals surface area (Å²) in [6, 6.07) is 0.459. The Labute approximate surface area is 109 Å². The average Bonchev–Trinajstić information content (AvgIpc) is 2.29. The summed E-state index contributed by atoms with van der Waals surface area (Å²) in [5.41, 5.74) is 5.74. The minimum Gasteiger partial charge on any atom is -0.383 e. The number of rotatable bonds is 5. The highest BCUT2D eigenvalue weighted by Crippen LogP contribution is 2.28. The van der Waals surface area contributed by atoms with Gasteiger partial charge in [-0.3, -0.25) is 0 Å². The van der Waals surface area contributed by atoms with Crippen LogP contribution in [0.2, 0.25) is 0 Å². The Morgan fingerprint density at radius 3 is 2.81 bits per heavy atom. The lowest BCUT2D eigenvalue weighted by Crippen LogP contribution is -2.34. The van der Waals surface area contributed by atoms with Crippen molar-refractivity contribution >= 4 is 39.3 Å². The van der Waals surface area contributed by atoms with Gasteiger partial charge in [0.25, 0.3) is 0 Å². The summed E-state index contributed by atoms with van der Waals surface area (Å²) < 4.78 is 0.775. The minimum atomic E-state index is 0.459. The normalized spacial score (nSPS) is 12.5. The van der Waals surface area contributed by atoms with Gasteiger partial charge in [0, 0.05) is 18.8 Å². The van der Waals surface area contributed by atoms with Crippen molar-refractivity contribution in [1.29, 1.82) is 0 Å². The molecule has 6 heteroatoms. The van der Waals surface area contributed by atoms with Crippen LogP contribution < -0.4 is 10.6 Å². The van der Waals surface area contributed by atoms with Crippen molar-refractivity contribution < 1.29 is 0 Å². The summed E-state index contributed by atoms with van der Waals surface area (Å²) in [5.74, 6) is 2.41. The summed E-state index contributed by atoms with van der Waals surface area (Å²) in [5, 5.41) is 0. The topological polar surface area (TPSA) is 55.0 Å². The molecule has 1 unspecified atom stereocenters. The van der Waals surface area contributed by atoms with Crippen LogP contribution >= 0.6 is 27.7 Å². The van der Waals surface area contributed by atoms with E-state index in [1.54, 1.807) is 0 Å². The third-order valence-electron chi connectivity index (χ3n) is 2.51. The molecule has 0 spiro atoms. The molecule has 16 heavy (non-hydrogen) atoms. The molecule has 0 aromatic carbocycles. The number of nitrogens with two attached hydrogens (primary N) is 1. The van der Waals surface area contributed by atoms with Crippen molar-refractivity contribution in [3.8, 4) is 0 Å². The lowest BCUT2D eigenvalue weighted by molar-refractivity contribution is 0.664. The Kier molecular flexibility index (Phi) is 5.34. The number of halogens is 1. The summed E-state index contributed by atoms with van der Waals surface area (Å²) >= 11 is 5.27. The maximum Gasteiger partial charge on any atom is 0.148 e. The molecule has 0 bridgehead atoms. The van der Waals surface area contributed by atoms with Gasteiger partial charge in [0.05, 0.1) is 0 Å². The zero-order valence-electron chi connectivity index (χ0n) is 9.77. The molecular formula is C10H17BrN4S. The molecule has 0 aliphatic rings. The number of thioether (sulfide) groups is 1. The highest BCUT2D eigenvalue weighted by atomic mass is 79.9. The second kappa shape index (κ2) is 6.30. The Hall–Kier alpha value is -0.490. The molecule has 2 N–H and O–H groups in total. The van der Waals surface area contributed by atoms with Crippen LogP contribution in [-0.2, 0) is 0 Å². The molecule has 1 atom stereocenters. The van der Waals surface area contributed by atoms with Crippen molar-refractivity contribution in [2.75, 3.05) is 29.7 Å². The van der Waals surface area contributed by atoms with Gasteiger partial charge in [-0.1, -0.05) is 6.92 Å². The molecule has 0 fully saturated rings. The van der Waals surface area contributed by atoms with E-state index in [1.165, 1.54) is 6.33 Å². The van der Waals surface area contributed by atoms with Crippen LogP contribution in [0, 0.1) is 0 Å².